The molecule has 2 fully saturated rings. The van der Waals surface area contributed by atoms with Crippen LogP contribution in [0.1, 0.15) is 32.1 Å². The second-order valence-electron chi connectivity index (χ2n) is 9.86. The second-order valence-corrected chi connectivity index (χ2v) is 9.86. The van der Waals surface area contributed by atoms with Gasteiger partial charge >= 0.3 is 12.7 Å². The molecule has 234 valence electrons. The number of nitrogens with two attached hydrogens (primary N) is 1. The van der Waals surface area contributed by atoms with Crippen molar-refractivity contribution >= 4 is 23.5 Å². The fraction of sp³-hybridized carbons (Fsp3) is 0.385. The molecule has 0 radical (unpaired) electrons. The number of imide groups is 1. The zero-order valence-corrected chi connectivity index (χ0v) is 22.6. The van der Waals surface area contributed by atoms with Crippen molar-refractivity contribution in [3.8, 4) is 0 Å². The van der Waals surface area contributed by atoms with E-state index in [2.05, 4.69) is 29.4 Å². The molecule has 2 aromatic heterocycles. The molecule has 0 atom stereocenters. The highest BCUT2D eigenvalue weighted by atomic mass is 19.4. The van der Waals surface area contributed by atoms with Crippen LogP contribution in [0.5, 0.6) is 0 Å². The number of carbonyl (C=O) groups excluding carboxylic acids is 2. The van der Waals surface area contributed by atoms with Gasteiger partial charge in [-0.15, -0.1) is 26.3 Å². The predicted octanol–water partition coefficient (Wildman–Crippen LogP) is 2.66. The van der Waals surface area contributed by atoms with Gasteiger partial charge in [0.05, 0.1) is 29.1 Å². The summed E-state index contributed by atoms with van der Waals surface area (Å²) in [7, 11) is 0. The molecule has 1 aromatic carbocycles. The SMILES string of the molecule is NCc1cc(N2CC(OC(F)(F)F)C2)ncn1.O=C1c2ccccc2C(=O)N1Cc1cc(N2CC(OC(F)(F)F)C2)ncn1. The second kappa shape index (κ2) is 12.3. The van der Waals surface area contributed by atoms with Gasteiger partial charge < -0.3 is 15.5 Å². The van der Waals surface area contributed by atoms with E-state index < -0.39 is 36.7 Å². The number of amides is 2. The van der Waals surface area contributed by atoms with Crippen molar-refractivity contribution in [2.24, 2.45) is 5.73 Å². The number of halogens is 6. The number of nitrogens with zero attached hydrogens (tertiary/aromatic N) is 7. The van der Waals surface area contributed by atoms with Crippen LogP contribution >= 0.6 is 0 Å². The van der Waals surface area contributed by atoms with Gasteiger partial charge in [-0.3, -0.25) is 24.0 Å². The van der Waals surface area contributed by atoms with E-state index in [-0.39, 0.29) is 39.3 Å². The van der Waals surface area contributed by atoms with Gasteiger partial charge in [0.25, 0.3) is 11.8 Å². The Morgan fingerprint density at radius 1 is 0.727 bits per heavy atom. The fourth-order valence-corrected chi connectivity index (χ4v) is 4.64. The van der Waals surface area contributed by atoms with Crippen LogP contribution in [0, 0.1) is 0 Å². The molecule has 3 aliphatic heterocycles. The number of aromatic nitrogens is 4. The molecule has 12 nitrogen and oxygen atoms in total. The third-order valence-electron chi connectivity index (χ3n) is 6.77. The zero-order chi connectivity index (χ0) is 31.6. The Bertz CT molecular complexity index is 1480. The molecule has 3 aromatic rings. The Kier molecular flexibility index (Phi) is 8.66. The number of hydrogen-bond donors (Lipinski definition) is 1. The number of ether oxygens (including phenoxy) is 2. The number of rotatable bonds is 7. The monoisotopic (exact) mass is 626 g/mol. The lowest BCUT2D eigenvalue weighted by atomic mass is 10.1. The molecule has 6 rings (SSSR count). The first-order valence-corrected chi connectivity index (χ1v) is 13.1. The first-order valence-electron chi connectivity index (χ1n) is 13.1. The maximum Gasteiger partial charge on any atom is 0.522 e. The van der Waals surface area contributed by atoms with E-state index in [1.54, 1.807) is 46.2 Å². The van der Waals surface area contributed by atoms with Crippen LogP contribution < -0.4 is 15.5 Å². The van der Waals surface area contributed by atoms with E-state index >= 15 is 0 Å². The predicted molar refractivity (Wildman–Crippen MR) is 139 cm³/mol. The van der Waals surface area contributed by atoms with Gasteiger partial charge in [-0.1, -0.05) is 12.1 Å². The standard InChI is InChI=1S/C17H13F3N4O3.C9H11F3N4O/c18-17(19,20)27-11-7-23(8-11)14-5-10(21-9-22-14)6-24-15(25)12-3-1-2-4-13(12)16(24)26;10-9(11,12)17-7-3-16(4-7)8-1-6(2-13)14-5-15-8/h1-5,9,11H,6-8H2;1,5,7H,2-4,13H2. The molecule has 0 aliphatic carbocycles. The van der Waals surface area contributed by atoms with Crippen LogP contribution in [-0.4, -0.2) is 87.8 Å². The molecule has 0 bridgehead atoms. The summed E-state index contributed by atoms with van der Waals surface area (Å²) in [5.74, 6) is 0.179. The number of hydrogen-bond acceptors (Lipinski definition) is 11. The van der Waals surface area contributed by atoms with Gasteiger partial charge in [0.2, 0.25) is 0 Å². The zero-order valence-electron chi connectivity index (χ0n) is 22.6. The Labute approximate surface area is 245 Å². The lowest BCUT2D eigenvalue weighted by Gasteiger charge is -2.39. The molecular weight excluding hydrogens is 602 g/mol. The van der Waals surface area contributed by atoms with E-state index in [4.69, 9.17) is 5.73 Å². The molecule has 0 spiro atoms. The first kappa shape index (κ1) is 31.0. The van der Waals surface area contributed by atoms with Crippen LogP contribution in [0.4, 0.5) is 38.0 Å². The van der Waals surface area contributed by atoms with Crippen molar-refractivity contribution in [2.75, 3.05) is 36.0 Å². The molecular formula is C26H24F6N8O4. The summed E-state index contributed by atoms with van der Waals surface area (Å²) in [6, 6.07) is 9.74. The summed E-state index contributed by atoms with van der Waals surface area (Å²) in [4.78, 5) is 45.1. The Morgan fingerprint density at radius 2 is 1.16 bits per heavy atom. The summed E-state index contributed by atoms with van der Waals surface area (Å²) in [5, 5.41) is 0. The Hall–Kier alpha value is -4.42. The Morgan fingerprint density at radius 3 is 1.59 bits per heavy atom. The van der Waals surface area contributed by atoms with Crippen molar-refractivity contribution in [3.05, 3.63) is 71.6 Å². The van der Waals surface area contributed by atoms with Crippen LogP contribution in [0.15, 0.2) is 49.1 Å². The smallest absolute Gasteiger partial charge is 0.351 e. The van der Waals surface area contributed by atoms with Gasteiger partial charge in [0.15, 0.2) is 0 Å². The minimum atomic E-state index is -4.67. The molecule has 2 saturated heterocycles. The minimum absolute atomic E-state index is 0.0435. The number of anilines is 2. The third-order valence-corrected chi connectivity index (χ3v) is 6.77. The molecule has 2 amide bonds. The molecule has 44 heavy (non-hydrogen) atoms. The number of fused-ring (bicyclic) bond motifs is 1. The minimum Gasteiger partial charge on any atom is -0.351 e. The largest absolute Gasteiger partial charge is 0.522 e. The van der Waals surface area contributed by atoms with Crippen molar-refractivity contribution in [1.29, 1.82) is 0 Å². The highest BCUT2D eigenvalue weighted by molar-refractivity contribution is 6.21. The normalized spacial score (nSPS) is 17.2. The van der Waals surface area contributed by atoms with Gasteiger partial charge in [0.1, 0.15) is 36.5 Å². The molecule has 18 heteroatoms. The number of benzene rings is 1. The summed E-state index contributed by atoms with van der Waals surface area (Å²) < 4.78 is 80.1. The highest BCUT2D eigenvalue weighted by Gasteiger charge is 2.41. The third kappa shape index (κ3) is 7.37. The molecule has 2 N–H and O–H groups in total. The Balaban J connectivity index is 0.000000195. The van der Waals surface area contributed by atoms with E-state index in [0.29, 0.717) is 34.2 Å². The maximum absolute atomic E-state index is 12.4. The van der Waals surface area contributed by atoms with Crippen molar-refractivity contribution < 1.29 is 45.4 Å². The van der Waals surface area contributed by atoms with Crippen LogP contribution in [-0.2, 0) is 22.6 Å². The molecule has 0 unspecified atom stereocenters. The highest BCUT2D eigenvalue weighted by Crippen LogP contribution is 2.29. The fourth-order valence-electron chi connectivity index (χ4n) is 4.64. The topological polar surface area (TPSA) is 140 Å². The molecule has 0 saturated carbocycles. The van der Waals surface area contributed by atoms with Gasteiger partial charge in [-0.2, -0.15) is 0 Å². The average Bonchev–Trinajstić information content (AvgIpc) is 3.17. The summed E-state index contributed by atoms with van der Waals surface area (Å²) >= 11 is 0. The van der Waals surface area contributed by atoms with E-state index in [9.17, 15) is 35.9 Å². The van der Waals surface area contributed by atoms with Gasteiger partial charge in [0, 0.05) is 44.9 Å². The quantitative estimate of drug-likeness (QED) is 0.306. The number of alkyl halides is 6. The summed E-state index contributed by atoms with van der Waals surface area (Å²) in [6.07, 6.45) is -8.42. The number of carbonyl (C=O) groups is 2. The molecule has 5 heterocycles. The summed E-state index contributed by atoms with van der Waals surface area (Å²) in [5.41, 5.74) is 7.15. The van der Waals surface area contributed by atoms with Crippen LogP contribution in [0.3, 0.4) is 0 Å². The van der Waals surface area contributed by atoms with Crippen molar-refractivity contribution in [1.82, 2.24) is 24.8 Å². The van der Waals surface area contributed by atoms with Crippen molar-refractivity contribution in [2.45, 2.75) is 38.0 Å². The van der Waals surface area contributed by atoms with Gasteiger partial charge in [-0.05, 0) is 12.1 Å². The molecule has 3 aliphatic rings. The van der Waals surface area contributed by atoms with Crippen molar-refractivity contribution in [3.63, 3.8) is 0 Å². The first-order chi connectivity index (χ1) is 20.8. The summed E-state index contributed by atoms with van der Waals surface area (Å²) in [6.45, 7) is 0.650. The van der Waals surface area contributed by atoms with Gasteiger partial charge in [-0.25, -0.2) is 19.9 Å². The van der Waals surface area contributed by atoms with Crippen LogP contribution in [0.25, 0.3) is 0 Å². The average molecular weight is 627 g/mol. The lowest BCUT2D eigenvalue weighted by molar-refractivity contribution is -0.345. The van der Waals surface area contributed by atoms with Crippen LogP contribution in [0.2, 0.25) is 0 Å². The lowest BCUT2D eigenvalue weighted by Crippen LogP contribution is -2.54. The maximum atomic E-state index is 12.4. The van der Waals surface area contributed by atoms with E-state index in [0.717, 1.165) is 4.90 Å². The van der Waals surface area contributed by atoms with E-state index in [1.165, 1.54) is 12.7 Å². The van der Waals surface area contributed by atoms with E-state index in [1.807, 2.05) is 0 Å².